The highest BCUT2D eigenvalue weighted by Gasteiger charge is 2.20. The molecule has 0 radical (unpaired) electrons. The summed E-state index contributed by atoms with van der Waals surface area (Å²) < 4.78 is 4.90. The fraction of sp³-hybridized carbons (Fsp3) is 0.588. The molecule has 2 aromatic heterocycles. The van der Waals surface area contributed by atoms with Gasteiger partial charge in [-0.05, 0) is 13.8 Å². The molecule has 0 unspecified atom stereocenters. The molecule has 1 aliphatic rings. The number of thiazole rings is 1. The summed E-state index contributed by atoms with van der Waals surface area (Å²) >= 11 is 1.79. The third kappa shape index (κ3) is 4.79. The van der Waals surface area contributed by atoms with Gasteiger partial charge in [0.2, 0.25) is 0 Å². The lowest BCUT2D eigenvalue weighted by atomic mass is 10.3. The Kier molecular flexibility index (Phi) is 6.04. The van der Waals surface area contributed by atoms with Crippen molar-refractivity contribution in [3.63, 3.8) is 0 Å². The summed E-state index contributed by atoms with van der Waals surface area (Å²) in [5.41, 5.74) is 2.15. The smallest absolute Gasteiger partial charge is 0.193 e. The fourth-order valence-electron chi connectivity index (χ4n) is 3.09. The van der Waals surface area contributed by atoms with Gasteiger partial charge < -0.3 is 14.7 Å². The lowest BCUT2D eigenvalue weighted by molar-refractivity contribution is 0.169. The standard InChI is InChI=1S/C17H26N6OS/c1-13-16(25-14(2)20-13)4-6-19-17(18-3)23-9-7-22(8-10-23)12-15-5-11-24-21-15/h5,11H,4,6-10,12H2,1-3H3,(H,18,19). The zero-order chi connectivity index (χ0) is 17.6. The van der Waals surface area contributed by atoms with Crippen molar-refractivity contribution in [2.45, 2.75) is 26.8 Å². The average molecular weight is 363 g/mol. The van der Waals surface area contributed by atoms with Gasteiger partial charge in [-0.3, -0.25) is 9.89 Å². The maximum Gasteiger partial charge on any atom is 0.193 e. The summed E-state index contributed by atoms with van der Waals surface area (Å²) in [7, 11) is 1.85. The number of nitrogens with zero attached hydrogens (tertiary/aromatic N) is 5. The molecule has 3 rings (SSSR count). The van der Waals surface area contributed by atoms with E-state index in [-0.39, 0.29) is 0 Å². The molecule has 1 saturated heterocycles. The second kappa shape index (κ2) is 8.44. The van der Waals surface area contributed by atoms with Gasteiger partial charge >= 0.3 is 0 Å². The highest BCUT2D eigenvalue weighted by atomic mass is 32.1. The molecule has 2 aromatic rings. The topological polar surface area (TPSA) is 69.8 Å². The van der Waals surface area contributed by atoms with Crippen molar-refractivity contribution < 1.29 is 4.52 Å². The molecule has 0 spiro atoms. The predicted molar refractivity (Wildman–Crippen MR) is 100 cm³/mol. The molecule has 0 atom stereocenters. The third-order valence-electron chi connectivity index (χ3n) is 4.40. The molecule has 3 heterocycles. The lowest BCUT2D eigenvalue weighted by Crippen LogP contribution is -2.52. The van der Waals surface area contributed by atoms with Crippen LogP contribution in [0.4, 0.5) is 0 Å². The summed E-state index contributed by atoms with van der Waals surface area (Å²) in [6.07, 6.45) is 2.62. The van der Waals surface area contributed by atoms with Crippen LogP contribution in [0.25, 0.3) is 0 Å². The normalized spacial score (nSPS) is 16.4. The molecule has 136 valence electrons. The lowest BCUT2D eigenvalue weighted by Gasteiger charge is -2.36. The first kappa shape index (κ1) is 17.9. The Morgan fingerprint density at radius 3 is 2.72 bits per heavy atom. The number of aromatic nitrogens is 2. The van der Waals surface area contributed by atoms with Crippen molar-refractivity contribution in [3.8, 4) is 0 Å². The highest BCUT2D eigenvalue weighted by molar-refractivity contribution is 7.11. The Balaban J connectivity index is 1.43. The van der Waals surface area contributed by atoms with Crippen LogP contribution in [-0.2, 0) is 13.0 Å². The fourth-order valence-corrected chi connectivity index (χ4v) is 4.03. The van der Waals surface area contributed by atoms with Crippen molar-refractivity contribution in [1.29, 1.82) is 0 Å². The first-order valence-corrected chi connectivity index (χ1v) is 9.47. The summed E-state index contributed by atoms with van der Waals surface area (Å²) in [6.45, 7) is 9.82. The Bertz CT molecular complexity index is 688. The van der Waals surface area contributed by atoms with Crippen LogP contribution < -0.4 is 5.32 Å². The maximum absolute atomic E-state index is 4.90. The van der Waals surface area contributed by atoms with Crippen molar-refractivity contribution in [1.82, 2.24) is 25.3 Å². The van der Waals surface area contributed by atoms with E-state index in [2.05, 4.69) is 44.1 Å². The summed E-state index contributed by atoms with van der Waals surface area (Å²) in [5.74, 6) is 0.986. The minimum atomic E-state index is 0.848. The Morgan fingerprint density at radius 1 is 1.32 bits per heavy atom. The van der Waals surface area contributed by atoms with E-state index in [4.69, 9.17) is 4.52 Å². The van der Waals surface area contributed by atoms with Gasteiger partial charge in [-0.2, -0.15) is 0 Å². The molecule has 7 nitrogen and oxygen atoms in total. The van der Waals surface area contributed by atoms with Crippen molar-refractivity contribution in [2.75, 3.05) is 39.8 Å². The summed E-state index contributed by atoms with van der Waals surface area (Å²) in [6, 6.07) is 1.93. The number of hydrogen-bond acceptors (Lipinski definition) is 6. The quantitative estimate of drug-likeness (QED) is 0.645. The number of aliphatic imine (C=N–C) groups is 1. The van der Waals surface area contributed by atoms with Gasteiger partial charge in [-0.1, -0.05) is 5.16 Å². The zero-order valence-corrected chi connectivity index (χ0v) is 16.0. The average Bonchev–Trinajstić information content (AvgIpc) is 3.22. The van der Waals surface area contributed by atoms with Gasteiger partial charge in [0, 0.05) is 63.7 Å². The number of guanidine groups is 1. The molecular formula is C17H26N6OS. The van der Waals surface area contributed by atoms with E-state index < -0.39 is 0 Å². The monoisotopic (exact) mass is 362 g/mol. The summed E-state index contributed by atoms with van der Waals surface area (Å²) in [5, 5.41) is 8.62. The predicted octanol–water partition coefficient (Wildman–Crippen LogP) is 1.68. The van der Waals surface area contributed by atoms with E-state index in [9.17, 15) is 0 Å². The van der Waals surface area contributed by atoms with Crippen LogP contribution in [0.1, 0.15) is 21.3 Å². The van der Waals surface area contributed by atoms with Crippen molar-refractivity contribution in [3.05, 3.63) is 33.6 Å². The van der Waals surface area contributed by atoms with Crippen molar-refractivity contribution in [2.24, 2.45) is 4.99 Å². The molecule has 25 heavy (non-hydrogen) atoms. The van der Waals surface area contributed by atoms with E-state index in [1.54, 1.807) is 17.6 Å². The largest absolute Gasteiger partial charge is 0.364 e. The van der Waals surface area contributed by atoms with Crippen LogP contribution in [-0.4, -0.2) is 65.7 Å². The SMILES string of the molecule is CN=C(NCCc1sc(C)nc1C)N1CCN(Cc2ccon2)CC1. The van der Waals surface area contributed by atoms with Gasteiger partial charge in [0.05, 0.1) is 16.4 Å². The van der Waals surface area contributed by atoms with Crippen LogP contribution >= 0.6 is 11.3 Å². The number of hydrogen-bond donors (Lipinski definition) is 1. The van der Waals surface area contributed by atoms with E-state index in [0.717, 1.165) is 68.0 Å². The van der Waals surface area contributed by atoms with Gasteiger partial charge in [0.1, 0.15) is 6.26 Å². The highest BCUT2D eigenvalue weighted by Crippen LogP contribution is 2.17. The molecule has 1 N–H and O–H groups in total. The van der Waals surface area contributed by atoms with Crippen molar-refractivity contribution >= 4 is 17.3 Å². The number of nitrogens with one attached hydrogen (secondary N) is 1. The van der Waals surface area contributed by atoms with Gasteiger partial charge in [0.15, 0.2) is 5.96 Å². The molecule has 0 aliphatic carbocycles. The second-order valence-electron chi connectivity index (χ2n) is 6.22. The minimum absolute atomic E-state index is 0.848. The Morgan fingerprint density at radius 2 is 2.12 bits per heavy atom. The van der Waals surface area contributed by atoms with Crippen LogP contribution in [0.2, 0.25) is 0 Å². The zero-order valence-electron chi connectivity index (χ0n) is 15.2. The van der Waals surface area contributed by atoms with Crippen LogP contribution in [0.3, 0.4) is 0 Å². The first-order chi connectivity index (χ1) is 12.2. The molecule has 8 heteroatoms. The summed E-state index contributed by atoms with van der Waals surface area (Å²) in [4.78, 5) is 15.0. The molecule has 1 aliphatic heterocycles. The number of aryl methyl sites for hydroxylation is 2. The molecule has 1 fully saturated rings. The molecule has 0 bridgehead atoms. The van der Waals surface area contributed by atoms with Gasteiger partial charge in [-0.15, -0.1) is 11.3 Å². The second-order valence-corrected chi connectivity index (χ2v) is 7.51. The number of rotatable bonds is 5. The van der Waals surface area contributed by atoms with Gasteiger partial charge in [-0.25, -0.2) is 4.98 Å². The molecule has 0 aromatic carbocycles. The minimum Gasteiger partial charge on any atom is -0.364 e. The number of piperazine rings is 1. The van der Waals surface area contributed by atoms with Crippen LogP contribution in [0.15, 0.2) is 21.8 Å². The molecular weight excluding hydrogens is 336 g/mol. The van der Waals surface area contributed by atoms with E-state index >= 15 is 0 Å². The Hall–Kier alpha value is -1.93. The van der Waals surface area contributed by atoms with E-state index in [1.807, 2.05) is 13.1 Å². The molecule has 0 amide bonds. The molecule has 0 saturated carbocycles. The Labute approximate surface area is 152 Å². The van der Waals surface area contributed by atoms with E-state index in [0.29, 0.717) is 0 Å². The maximum atomic E-state index is 4.90. The van der Waals surface area contributed by atoms with Crippen LogP contribution in [0.5, 0.6) is 0 Å². The van der Waals surface area contributed by atoms with E-state index in [1.165, 1.54) is 4.88 Å². The van der Waals surface area contributed by atoms with Crippen LogP contribution in [0, 0.1) is 13.8 Å². The van der Waals surface area contributed by atoms with Gasteiger partial charge in [0.25, 0.3) is 0 Å². The first-order valence-electron chi connectivity index (χ1n) is 8.66. The third-order valence-corrected chi connectivity index (χ3v) is 5.53.